The van der Waals surface area contributed by atoms with E-state index in [0.29, 0.717) is 11.5 Å². The monoisotopic (exact) mass is 319 g/mol. The van der Waals surface area contributed by atoms with E-state index in [4.69, 9.17) is 13.9 Å². The van der Waals surface area contributed by atoms with Crippen molar-refractivity contribution in [3.05, 3.63) is 52.3 Å². The van der Waals surface area contributed by atoms with Gasteiger partial charge in [0, 0.05) is 0 Å². The molecule has 0 fully saturated rings. The number of carbonyl (C=O) groups is 1. The molecule has 1 aromatic carbocycles. The summed E-state index contributed by atoms with van der Waals surface area (Å²) in [6, 6.07) is 9.44. The van der Waals surface area contributed by atoms with Crippen molar-refractivity contribution in [2.45, 2.75) is 0 Å². The summed E-state index contributed by atoms with van der Waals surface area (Å²) in [6.07, 6.45) is 1.15. The van der Waals surface area contributed by atoms with Crippen molar-refractivity contribution in [2.24, 2.45) is 5.10 Å². The smallest absolute Gasteiger partial charge is 0.433 e. The third-order valence-electron chi connectivity index (χ3n) is 2.60. The van der Waals surface area contributed by atoms with Crippen LogP contribution in [-0.2, 0) is 4.79 Å². The molecule has 1 amide bonds. The summed E-state index contributed by atoms with van der Waals surface area (Å²) < 4.78 is 15.2. The van der Waals surface area contributed by atoms with E-state index in [2.05, 4.69) is 10.5 Å². The second kappa shape index (κ2) is 7.59. The Balaban J connectivity index is 1.82. The number of methoxy groups -OCH3 is 1. The molecule has 0 spiro atoms. The van der Waals surface area contributed by atoms with E-state index in [1.807, 2.05) is 0 Å². The van der Waals surface area contributed by atoms with Gasteiger partial charge in [-0.05, 0) is 18.2 Å². The molecule has 1 N–H and O–H groups in total. The zero-order valence-corrected chi connectivity index (χ0v) is 12.1. The predicted molar refractivity (Wildman–Crippen MR) is 79.6 cm³/mol. The third-order valence-corrected chi connectivity index (χ3v) is 2.60. The Hall–Kier alpha value is -3.36. The lowest BCUT2D eigenvalue weighted by Crippen LogP contribution is -2.24. The van der Waals surface area contributed by atoms with Crippen molar-refractivity contribution in [2.75, 3.05) is 13.7 Å². The van der Waals surface area contributed by atoms with Crippen molar-refractivity contribution in [1.82, 2.24) is 5.43 Å². The molecule has 0 unspecified atom stereocenters. The average molecular weight is 319 g/mol. The highest BCUT2D eigenvalue weighted by molar-refractivity contribution is 5.81. The van der Waals surface area contributed by atoms with E-state index in [1.54, 1.807) is 24.3 Å². The van der Waals surface area contributed by atoms with Crippen LogP contribution in [0.3, 0.4) is 0 Å². The predicted octanol–water partition coefficient (Wildman–Crippen LogP) is 1.73. The van der Waals surface area contributed by atoms with Gasteiger partial charge in [0.25, 0.3) is 5.91 Å². The number of nitro groups is 1. The standard InChI is InChI=1S/C14H13N3O6/c1-21-11-4-2-3-5-12(11)22-9-13(18)16-15-8-10-6-7-14(23-10)17(19)20/h2-8H,9H2,1H3,(H,16,18)/b15-8-. The number of carbonyl (C=O) groups excluding carboxylic acids is 1. The van der Waals surface area contributed by atoms with Gasteiger partial charge in [-0.15, -0.1) is 0 Å². The molecule has 0 bridgehead atoms. The first-order chi connectivity index (χ1) is 11.1. The molecule has 2 rings (SSSR count). The minimum atomic E-state index is -0.670. The Labute approximate surface area is 130 Å². The van der Waals surface area contributed by atoms with E-state index >= 15 is 0 Å². The Kier molecular flexibility index (Phi) is 5.29. The zero-order valence-electron chi connectivity index (χ0n) is 12.1. The number of hydrogen-bond acceptors (Lipinski definition) is 7. The van der Waals surface area contributed by atoms with Crippen LogP contribution in [0, 0.1) is 10.1 Å². The normalized spacial score (nSPS) is 10.5. The van der Waals surface area contributed by atoms with Crippen molar-refractivity contribution < 1.29 is 23.6 Å². The fourth-order valence-electron chi connectivity index (χ4n) is 1.59. The van der Waals surface area contributed by atoms with Crippen LogP contribution in [-0.4, -0.2) is 30.8 Å². The lowest BCUT2D eigenvalue weighted by molar-refractivity contribution is -0.402. The molecular formula is C14H13N3O6. The molecule has 0 radical (unpaired) electrons. The molecule has 9 heteroatoms. The van der Waals surface area contributed by atoms with Gasteiger partial charge in [-0.2, -0.15) is 5.10 Å². The SMILES string of the molecule is COc1ccccc1OCC(=O)N/N=C\c1ccc([N+](=O)[O-])o1. The summed E-state index contributed by atoms with van der Waals surface area (Å²) in [6.45, 7) is -0.268. The quantitative estimate of drug-likeness (QED) is 0.472. The van der Waals surface area contributed by atoms with Gasteiger partial charge in [0.1, 0.15) is 4.92 Å². The number of furan rings is 1. The van der Waals surface area contributed by atoms with Gasteiger partial charge in [0.15, 0.2) is 23.9 Å². The second-order valence-electron chi connectivity index (χ2n) is 4.17. The molecule has 2 aromatic rings. The number of ether oxygens (including phenoxy) is 2. The van der Waals surface area contributed by atoms with Gasteiger partial charge in [-0.25, -0.2) is 5.43 Å². The number of hydrogen-bond donors (Lipinski definition) is 1. The molecule has 9 nitrogen and oxygen atoms in total. The van der Waals surface area contributed by atoms with E-state index in [1.165, 1.54) is 19.2 Å². The summed E-state index contributed by atoms with van der Waals surface area (Å²) in [7, 11) is 1.50. The molecule has 0 atom stereocenters. The minimum Gasteiger partial charge on any atom is -0.493 e. The van der Waals surface area contributed by atoms with Gasteiger partial charge in [-0.1, -0.05) is 12.1 Å². The molecule has 0 saturated carbocycles. The average Bonchev–Trinajstić information content (AvgIpc) is 3.02. The van der Waals surface area contributed by atoms with Gasteiger partial charge in [0.2, 0.25) is 0 Å². The summed E-state index contributed by atoms with van der Waals surface area (Å²) >= 11 is 0. The molecule has 120 valence electrons. The molecule has 1 heterocycles. The Bertz CT molecular complexity index is 725. The lowest BCUT2D eigenvalue weighted by Gasteiger charge is -2.08. The van der Waals surface area contributed by atoms with Crippen LogP contribution in [0.25, 0.3) is 0 Å². The number of benzene rings is 1. The van der Waals surface area contributed by atoms with Gasteiger partial charge in [-0.3, -0.25) is 14.9 Å². The summed E-state index contributed by atoms with van der Waals surface area (Å²) in [5.41, 5.74) is 2.21. The summed E-state index contributed by atoms with van der Waals surface area (Å²) in [4.78, 5) is 21.4. The van der Waals surface area contributed by atoms with Gasteiger partial charge >= 0.3 is 5.88 Å². The molecule has 0 aliphatic carbocycles. The van der Waals surface area contributed by atoms with E-state index in [0.717, 1.165) is 6.21 Å². The van der Waals surface area contributed by atoms with Crippen molar-refractivity contribution >= 4 is 18.0 Å². The van der Waals surface area contributed by atoms with Gasteiger partial charge < -0.3 is 13.9 Å². The summed E-state index contributed by atoms with van der Waals surface area (Å²) in [5, 5.41) is 14.1. The van der Waals surface area contributed by atoms with Crippen LogP contribution in [0.4, 0.5) is 5.88 Å². The fraction of sp³-hybridized carbons (Fsp3) is 0.143. The molecule has 1 aromatic heterocycles. The molecule has 0 aliphatic rings. The van der Waals surface area contributed by atoms with Crippen molar-refractivity contribution in [1.29, 1.82) is 0 Å². The maximum Gasteiger partial charge on any atom is 0.433 e. The van der Waals surface area contributed by atoms with E-state index in [-0.39, 0.29) is 12.4 Å². The first-order valence-corrected chi connectivity index (χ1v) is 6.42. The number of rotatable bonds is 7. The van der Waals surface area contributed by atoms with Crippen LogP contribution in [0.2, 0.25) is 0 Å². The Morgan fingerprint density at radius 1 is 1.35 bits per heavy atom. The Morgan fingerprint density at radius 3 is 2.74 bits per heavy atom. The largest absolute Gasteiger partial charge is 0.493 e. The lowest BCUT2D eigenvalue weighted by atomic mass is 10.3. The maximum absolute atomic E-state index is 11.6. The van der Waals surface area contributed by atoms with Crippen LogP contribution < -0.4 is 14.9 Å². The first kappa shape index (κ1) is 16.0. The number of para-hydroxylation sites is 2. The highest BCUT2D eigenvalue weighted by atomic mass is 16.6. The first-order valence-electron chi connectivity index (χ1n) is 6.42. The second-order valence-corrected chi connectivity index (χ2v) is 4.17. The molecule has 23 heavy (non-hydrogen) atoms. The number of hydrazone groups is 1. The Morgan fingerprint density at radius 2 is 2.09 bits per heavy atom. The van der Waals surface area contributed by atoms with Crippen LogP contribution in [0.1, 0.15) is 5.76 Å². The number of amides is 1. The van der Waals surface area contributed by atoms with Crippen LogP contribution in [0.5, 0.6) is 11.5 Å². The number of nitrogens with one attached hydrogen (secondary N) is 1. The highest BCUT2D eigenvalue weighted by Crippen LogP contribution is 2.25. The molecule has 0 saturated heterocycles. The summed E-state index contributed by atoms with van der Waals surface area (Å²) in [5.74, 6) is 0.163. The van der Waals surface area contributed by atoms with Crippen LogP contribution >= 0.6 is 0 Å². The van der Waals surface area contributed by atoms with Crippen molar-refractivity contribution in [3.8, 4) is 11.5 Å². The van der Waals surface area contributed by atoms with Crippen LogP contribution in [0.15, 0.2) is 45.9 Å². The topological polar surface area (TPSA) is 116 Å². The highest BCUT2D eigenvalue weighted by Gasteiger charge is 2.10. The third kappa shape index (κ3) is 4.56. The van der Waals surface area contributed by atoms with E-state index < -0.39 is 16.7 Å². The fourth-order valence-corrected chi connectivity index (χ4v) is 1.59. The molecular weight excluding hydrogens is 306 g/mol. The van der Waals surface area contributed by atoms with E-state index in [9.17, 15) is 14.9 Å². The maximum atomic E-state index is 11.6. The van der Waals surface area contributed by atoms with Gasteiger partial charge in [0.05, 0.1) is 19.4 Å². The van der Waals surface area contributed by atoms with Crippen molar-refractivity contribution in [3.63, 3.8) is 0 Å². The number of nitrogens with zero attached hydrogens (tertiary/aromatic N) is 2. The molecule has 0 aliphatic heterocycles. The zero-order chi connectivity index (χ0) is 16.7. The minimum absolute atomic E-state index is 0.141.